The van der Waals surface area contributed by atoms with Gasteiger partial charge in [0.05, 0.1) is 10.6 Å². The van der Waals surface area contributed by atoms with Crippen LogP contribution in [0.15, 0.2) is 46.9 Å². The standard InChI is InChI=1S/C23H31N3O2S/c1-3-4-5-6-7-8-9-12-22(27)26-25-18(2)19-13-15-20(16-14-19)24-23(28)21-11-10-17-29-21/h10-11,13-17H,3-9,12H2,1-2H3,(H,24,28)(H,26,27)/b25-18-. The zero-order valence-electron chi connectivity index (χ0n) is 17.4. The summed E-state index contributed by atoms with van der Waals surface area (Å²) in [5.74, 6) is -0.159. The van der Waals surface area contributed by atoms with E-state index in [0.29, 0.717) is 11.3 Å². The zero-order valence-corrected chi connectivity index (χ0v) is 18.2. The van der Waals surface area contributed by atoms with E-state index in [4.69, 9.17) is 0 Å². The largest absolute Gasteiger partial charge is 0.321 e. The predicted molar refractivity (Wildman–Crippen MR) is 122 cm³/mol. The molecule has 2 N–H and O–H groups in total. The Morgan fingerprint density at radius 1 is 0.966 bits per heavy atom. The lowest BCUT2D eigenvalue weighted by molar-refractivity contribution is -0.121. The molecule has 0 bridgehead atoms. The lowest BCUT2D eigenvalue weighted by Crippen LogP contribution is -2.18. The third-order valence-electron chi connectivity index (χ3n) is 4.66. The number of carbonyl (C=O) groups excluding carboxylic acids is 2. The molecule has 29 heavy (non-hydrogen) atoms. The van der Waals surface area contributed by atoms with Crippen molar-refractivity contribution < 1.29 is 9.59 Å². The first-order valence-electron chi connectivity index (χ1n) is 10.4. The maximum atomic E-state index is 12.1. The molecule has 2 aromatic rings. The van der Waals surface area contributed by atoms with Gasteiger partial charge in [0, 0.05) is 12.1 Å². The molecular weight excluding hydrogens is 382 g/mol. The lowest BCUT2D eigenvalue weighted by Gasteiger charge is -2.06. The molecule has 0 fully saturated rings. The van der Waals surface area contributed by atoms with Gasteiger partial charge in [-0.25, -0.2) is 5.43 Å². The molecule has 0 spiro atoms. The number of carbonyl (C=O) groups is 2. The number of thiophene rings is 1. The van der Waals surface area contributed by atoms with Crippen LogP contribution in [0.25, 0.3) is 0 Å². The molecule has 156 valence electrons. The topological polar surface area (TPSA) is 70.6 Å². The molecule has 2 rings (SSSR count). The summed E-state index contributed by atoms with van der Waals surface area (Å²) < 4.78 is 0. The van der Waals surface area contributed by atoms with Gasteiger partial charge in [0.2, 0.25) is 5.91 Å². The fraction of sp³-hybridized carbons (Fsp3) is 0.435. The van der Waals surface area contributed by atoms with E-state index in [-0.39, 0.29) is 11.8 Å². The van der Waals surface area contributed by atoms with Crippen LogP contribution >= 0.6 is 11.3 Å². The van der Waals surface area contributed by atoms with Gasteiger partial charge in [-0.1, -0.05) is 63.6 Å². The third-order valence-corrected chi connectivity index (χ3v) is 5.53. The molecule has 0 aliphatic carbocycles. The summed E-state index contributed by atoms with van der Waals surface area (Å²) in [5, 5.41) is 8.94. The molecular formula is C23H31N3O2S. The van der Waals surface area contributed by atoms with E-state index in [0.717, 1.165) is 29.8 Å². The van der Waals surface area contributed by atoms with Crippen LogP contribution in [0.3, 0.4) is 0 Å². The molecule has 0 unspecified atom stereocenters. The van der Waals surface area contributed by atoms with E-state index in [1.54, 1.807) is 6.07 Å². The number of unbranched alkanes of at least 4 members (excludes halogenated alkanes) is 6. The Hall–Kier alpha value is -2.47. The van der Waals surface area contributed by atoms with E-state index in [1.807, 2.05) is 42.6 Å². The van der Waals surface area contributed by atoms with E-state index in [1.165, 1.54) is 43.4 Å². The van der Waals surface area contributed by atoms with Crippen LogP contribution < -0.4 is 10.7 Å². The quantitative estimate of drug-likeness (QED) is 0.255. The number of rotatable bonds is 12. The maximum Gasteiger partial charge on any atom is 0.265 e. The van der Waals surface area contributed by atoms with Gasteiger partial charge in [-0.05, 0) is 42.5 Å². The Bertz CT molecular complexity index is 783. The second kappa shape index (κ2) is 12.9. The molecule has 2 amide bonds. The average molecular weight is 414 g/mol. The Labute approximate surface area is 177 Å². The first-order valence-corrected chi connectivity index (χ1v) is 11.3. The second-order valence-electron chi connectivity index (χ2n) is 7.11. The van der Waals surface area contributed by atoms with Crippen molar-refractivity contribution in [3.8, 4) is 0 Å². The number of benzene rings is 1. The molecule has 1 heterocycles. The summed E-state index contributed by atoms with van der Waals surface area (Å²) in [6.45, 7) is 4.07. The minimum Gasteiger partial charge on any atom is -0.321 e. The molecule has 6 heteroatoms. The molecule has 5 nitrogen and oxygen atoms in total. The Kier molecular flexibility index (Phi) is 10.1. The lowest BCUT2D eigenvalue weighted by atomic mass is 10.1. The number of hydrazone groups is 1. The van der Waals surface area contributed by atoms with Crippen LogP contribution in [0.4, 0.5) is 5.69 Å². The summed E-state index contributed by atoms with van der Waals surface area (Å²) in [6.07, 6.45) is 8.83. The molecule has 0 saturated heterocycles. The van der Waals surface area contributed by atoms with Crippen molar-refractivity contribution in [2.45, 2.75) is 65.2 Å². The van der Waals surface area contributed by atoms with E-state index in [9.17, 15) is 9.59 Å². The smallest absolute Gasteiger partial charge is 0.265 e. The van der Waals surface area contributed by atoms with Gasteiger partial charge in [-0.3, -0.25) is 9.59 Å². The third kappa shape index (κ3) is 8.60. The van der Waals surface area contributed by atoms with Crippen LogP contribution in [-0.2, 0) is 4.79 Å². The molecule has 1 aromatic carbocycles. The summed E-state index contributed by atoms with van der Waals surface area (Å²) in [5.41, 5.74) is 4.99. The van der Waals surface area contributed by atoms with Crippen molar-refractivity contribution in [3.05, 3.63) is 52.2 Å². The highest BCUT2D eigenvalue weighted by Crippen LogP contribution is 2.15. The van der Waals surface area contributed by atoms with Crippen molar-refractivity contribution in [1.82, 2.24) is 5.43 Å². The van der Waals surface area contributed by atoms with E-state index < -0.39 is 0 Å². The van der Waals surface area contributed by atoms with Crippen molar-refractivity contribution in [2.75, 3.05) is 5.32 Å². The summed E-state index contributed by atoms with van der Waals surface area (Å²) in [7, 11) is 0. The Morgan fingerprint density at radius 2 is 1.66 bits per heavy atom. The molecule has 0 atom stereocenters. The van der Waals surface area contributed by atoms with Crippen LogP contribution in [0, 0.1) is 0 Å². The van der Waals surface area contributed by atoms with Crippen molar-refractivity contribution in [3.63, 3.8) is 0 Å². The highest BCUT2D eigenvalue weighted by Gasteiger charge is 2.07. The number of nitrogens with one attached hydrogen (secondary N) is 2. The van der Waals surface area contributed by atoms with Crippen molar-refractivity contribution >= 4 is 34.6 Å². The van der Waals surface area contributed by atoms with Crippen LogP contribution in [0.5, 0.6) is 0 Å². The van der Waals surface area contributed by atoms with Gasteiger partial charge in [-0.15, -0.1) is 11.3 Å². The highest BCUT2D eigenvalue weighted by molar-refractivity contribution is 7.12. The summed E-state index contributed by atoms with van der Waals surface area (Å²) in [4.78, 5) is 24.7. The molecule has 0 aliphatic rings. The zero-order chi connectivity index (χ0) is 20.9. The fourth-order valence-electron chi connectivity index (χ4n) is 2.90. The van der Waals surface area contributed by atoms with Crippen molar-refractivity contribution in [2.24, 2.45) is 5.10 Å². The molecule has 1 aromatic heterocycles. The number of hydrogen-bond acceptors (Lipinski definition) is 4. The summed E-state index contributed by atoms with van der Waals surface area (Å²) >= 11 is 1.41. The van der Waals surface area contributed by atoms with Crippen molar-refractivity contribution in [1.29, 1.82) is 0 Å². The van der Waals surface area contributed by atoms with Gasteiger partial charge in [0.15, 0.2) is 0 Å². The molecule has 0 aliphatic heterocycles. The van der Waals surface area contributed by atoms with Gasteiger partial charge < -0.3 is 5.32 Å². The Balaban J connectivity index is 1.72. The van der Waals surface area contributed by atoms with Crippen LogP contribution in [-0.4, -0.2) is 17.5 Å². The number of hydrogen-bond donors (Lipinski definition) is 2. The normalized spacial score (nSPS) is 11.3. The number of amides is 2. The minimum atomic E-state index is -0.115. The predicted octanol–water partition coefficient (Wildman–Crippen LogP) is 5.98. The molecule has 0 saturated carbocycles. The van der Waals surface area contributed by atoms with Gasteiger partial charge in [0.25, 0.3) is 5.91 Å². The van der Waals surface area contributed by atoms with Crippen LogP contribution in [0.1, 0.15) is 80.4 Å². The minimum absolute atomic E-state index is 0.0438. The van der Waals surface area contributed by atoms with Gasteiger partial charge in [0.1, 0.15) is 0 Å². The highest BCUT2D eigenvalue weighted by atomic mass is 32.1. The molecule has 0 radical (unpaired) electrons. The summed E-state index contributed by atoms with van der Waals surface area (Å²) in [6, 6.07) is 11.1. The van der Waals surface area contributed by atoms with Gasteiger partial charge in [-0.2, -0.15) is 5.10 Å². The van der Waals surface area contributed by atoms with Crippen LogP contribution in [0.2, 0.25) is 0 Å². The average Bonchev–Trinajstić information content (AvgIpc) is 3.27. The van der Waals surface area contributed by atoms with E-state index in [2.05, 4.69) is 22.8 Å². The maximum absolute atomic E-state index is 12.1. The Morgan fingerprint density at radius 3 is 2.31 bits per heavy atom. The van der Waals surface area contributed by atoms with Gasteiger partial charge >= 0.3 is 0 Å². The fourth-order valence-corrected chi connectivity index (χ4v) is 3.52. The monoisotopic (exact) mass is 413 g/mol. The SMILES string of the molecule is CCCCCCCCCC(=O)N/N=C(/C)c1ccc(NC(=O)c2cccs2)cc1. The first kappa shape index (κ1) is 22.8. The first-order chi connectivity index (χ1) is 14.1. The van der Waals surface area contributed by atoms with E-state index >= 15 is 0 Å². The second-order valence-corrected chi connectivity index (χ2v) is 8.06. The number of nitrogens with zero attached hydrogens (tertiary/aromatic N) is 1. The number of anilines is 1.